The SMILES string of the molecule is C#Cc1nncc2ccccc12. The predicted octanol–water partition coefficient (Wildman–Crippen LogP) is 1.61. The van der Waals surface area contributed by atoms with E-state index in [0.29, 0.717) is 5.69 Å². The topological polar surface area (TPSA) is 25.8 Å². The van der Waals surface area contributed by atoms with Gasteiger partial charge in [0.15, 0.2) is 0 Å². The van der Waals surface area contributed by atoms with E-state index in [-0.39, 0.29) is 0 Å². The van der Waals surface area contributed by atoms with Crippen molar-refractivity contribution >= 4 is 10.8 Å². The van der Waals surface area contributed by atoms with E-state index >= 15 is 0 Å². The molecule has 0 N–H and O–H groups in total. The Morgan fingerprint density at radius 1 is 1.25 bits per heavy atom. The Balaban J connectivity index is 2.91. The minimum atomic E-state index is 0.605. The van der Waals surface area contributed by atoms with Crippen molar-refractivity contribution in [2.45, 2.75) is 0 Å². The van der Waals surface area contributed by atoms with Gasteiger partial charge < -0.3 is 0 Å². The van der Waals surface area contributed by atoms with Gasteiger partial charge in [0.1, 0.15) is 5.69 Å². The van der Waals surface area contributed by atoms with Crippen LogP contribution in [0, 0.1) is 12.3 Å². The number of nitrogens with zero attached hydrogens (tertiary/aromatic N) is 2. The summed E-state index contributed by atoms with van der Waals surface area (Å²) in [5.74, 6) is 2.50. The summed E-state index contributed by atoms with van der Waals surface area (Å²) in [6, 6.07) is 7.79. The van der Waals surface area contributed by atoms with E-state index in [4.69, 9.17) is 6.42 Å². The highest BCUT2D eigenvalue weighted by atomic mass is 15.1. The summed E-state index contributed by atoms with van der Waals surface area (Å²) in [6.07, 6.45) is 6.97. The molecule has 0 saturated carbocycles. The maximum absolute atomic E-state index is 5.26. The van der Waals surface area contributed by atoms with Crippen LogP contribution in [0.5, 0.6) is 0 Å². The van der Waals surface area contributed by atoms with Crippen molar-refractivity contribution in [3.8, 4) is 12.3 Å². The van der Waals surface area contributed by atoms with Crippen LogP contribution < -0.4 is 0 Å². The number of aromatic nitrogens is 2. The van der Waals surface area contributed by atoms with Crippen molar-refractivity contribution in [1.82, 2.24) is 10.2 Å². The fourth-order valence-electron chi connectivity index (χ4n) is 1.13. The average molecular weight is 154 g/mol. The molecule has 0 spiro atoms. The first kappa shape index (κ1) is 6.81. The fourth-order valence-corrected chi connectivity index (χ4v) is 1.13. The molecule has 0 amide bonds. The van der Waals surface area contributed by atoms with E-state index in [2.05, 4.69) is 16.1 Å². The molecule has 1 heterocycles. The largest absolute Gasteiger partial charge is 0.157 e. The Hall–Kier alpha value is -1.88. The number of fused-ring (bicyclic) bond motifs is 1. The summed E-state index contributed by atoms with van der Waals surface area (Å²) in [6.45, 7) is 0. The van der Waals surface area contributed by atoms with Gasteiger partial charge in [0.2, 0.25) is 0 Å². The third-order valence-corrected chi connectivity index (χ3v) is 1.71. The number of terminal acetylenes is 1. The molecule has 0 saturated heterocycles. The smallest absolute Gasteiger partial charge is 0.143 e. The minimum Gasteiger partial charge on any atom is -0.157 e. The molecule has 0 fully saturated rings. The van der Waals surface area contributed by atoms with Crippen LogP contribution in [0.1, 0.15) is 5.69 Å². The standard InChI is InChI=1S/C10H6N2/c1-2-10-9-6-4-3-5-8(9)7-11-12-10/h1,3-7H. The van der Waals surface area contributed by atoms with Crippen molar-refractivity contribution in [1.29, 1.82) is 0 Å². The maximum Gasteiger partial charge on any atom is 0.143 e. The monoisotopic (exact) mass is 154 g/mol. The Labute approximate surface area is 70.2 Å². The van der Waals surface area contributed by atoms with E-state index in [1.807, 2.05) is 24.3 Å². The van der Waals surface area contributed by atoms with Crippen molar-refractivity contribution < 1.29 is 0 Å². The Kier molecular flexibility index (Phi) is 1.49. The molecule has 12 heavy (non-hydrogen) atoms. The molecule has 0 aliphatic rings. The van der Waals surface area contributed by atoms with Crippen LogP contribution in [0.15, 0.2) is 30.5 Å². The van der Waals surface area contributed by atoms with Crippen LogP contribution in [0.2, 0.25) is 0 Å². The van der Waals surface area contributed by atoms with Crippen LogP contribution in [0.3, 0.4) is 0 Å². The van der Waals surface area contributed by atoms with Gasteiger partial charge in [0, 0.05) is 10.8 Å². The van der Waals surface area contributed by atoms with Gasteiger partial charge in [-0.15, -0.1) is 11.5 Å². The van der Waals surface area contributed by atoms with E-state index in [0.717, 1.165) is 10.8 Å². The van der Waals surface area contributed by atoms with Crippen LogP contribution in [0.25, 0.3) is 10.8 Å². The first-order chi connectivity index (χ1) is 5.92. The molecule has 0 radical (unpaired) electrons. The zero-order valence-corrected chi connectivity index (χ0v) is 6.36. The predicted molar refractivity (Wildman–Crippen MR) is 47.5 cm³/mol. The highest BCUT2D eigenvalue weighted by Gasteiger charge is 1.97. The van der Waals surface area contributed by atoms with Gasteiger partial charge in [0.05, 0.1) is 6.20 Å². The molecular weight excluding hydrogens is 148 g/mol. The lowest BCUT2D eigenvalue weighted by Gasteiger charge is -1.96. The van der Waals surface area contributed by atoms with Crippen molar-refractivity contribution in [2.75, 3.05) is 0 Å². The average Bonchev–Trinajstić information content (AvgIpc) is 2.17. The molecule has 56 valence electrons. The minimum absolute atomic E-state index is 0.605. The number of rotatable bonds is 0. The molecule has 2 nitrogen and oxygen atoms in total. The van der Waals surface area contributed by atoms with Crippen molar-refractivity contribution in [3.05, 3.63) is 36.2 Å². The Bertz CT molecular complexity index is 449. The van der Waals surface area contributed by atoms with Gasteiger partial charge in [-0.2, -0.15) is 5.10 Å². The number of benzene rings is 1. The number of hydrogen-bond donors (Lipinski definition) is 0. The first-order valence-electron chi connectivity index (χ1n) is 3.59. The molecule has 2 heteroatoms. The normalized spacial score (nSPS) is 9.58. The third kappa shape index (κ3) is 0.923. The Morgan fingerprint density at radius 2 is 2.08 bits per heavy atom. The van der Waals surface area contributed by atoms with Crippen LogP contribution in [-0.4, -0.2) is 10.2 Å². The summed E-state index contributed by atoms with van der Waals surface area (Å²) in [4.78, 5) is 0. The molecule has 1 aromatic carbocycles. The van der Waals surface area contributed by atoms with Crippen LogP contribution in [0.4, 0.5) is 0 Å². The molecule has 0 atom stereocenters. The summed E-state index contributed by atoms with van der Waals surface area (Å²) in [5, 5.41) is 9.64. The first-order valence-corrected chi connectivity index (χ1v) is 3.59. The second-order valence-electron chi connectivity index (χ2n) is 2.42. The molecule has 2 rings (SSSR count). The lowest BCUT2D eigenvalue weighted by atomic mass is 10.1. The van der Waals surface area contributed by atoms with E-state index in [9.17, 15) is 0 Å². The molecule has 0 unspecified atom stereocenters. The van der Waals surface area contributed by atoms with Crippen LogP contribution in [-0.2, 0) is 0 Å². The zero-order chi connectivity index (χ0) is 8.39. The van der Waals surface area contributed by atoms with Gasteiger partial charge in [0.25, 0.3) is 0 Å². The molecule has 0 bridgehead atoms. The quantitative estimate of drug-likeness (QED) is 0.539. The lowest BCUT2D eigenvalue weighted by molar-refractivity contribution is 1.03. The van der Waals surface area contributed by atoms with Gasteiger partial charge in [-0.3, -0.25) is 0 Å². The highest BCUT2D eigenvalue weighted by Crippen LogP contribution is 2.13. The number of hydrogen-bond acceptors (Lipinski definition) is 2. The molecule has 2 aromatic rings. The van der Waals surface area contributed by atoms with Gasteiger partial charge in [-0.1, -0.05) is 24.3 Å². The van der Waals surface area contributed by atoms with Gasteiger partial charge >= 0.3 is 0 Å². The van der Waals surface area contributed by atoms with E-state index in [1.165, 1.54) is 0 Å². The molecule has 1 aromatic heterocycles. The third-order valence-electron chi connectivity index (χ3n) is 1.71. The summed E-state index contributed by atoms with van der Waals surface area (Å²) >= 11 is 0. The molecular formula is C10H6N2. The molecule has 0 aliphatic carbocycles. The maximum atomic E-state index is 5.26. The second-order valence-corrected chi connectivity index (χ2v) is 2.42. The van der Waals surface area contributed by atoms with Gasteiger partial charge in [-0.05, 0) is 5.92 Å². The van der Waals surface area contributed by atoms with Crippen molar-refractivity contribution in [3.63, 3.8) is 0 Å². The van der Waals surface area contributed by atoms with E-state index in [1.54, 1.807) is 6.20 Å². The summed E-state index contributed by atoms with van der Waals surface area (Å²) in [7, 11) is 0. The zero-order valence-electron chi connectivity index (χ0n) is 6.36. The lowest BCUT2D eigenvalue weighted by Crippen LogP contribution is -1.87. The second kappa shape index (κ2) is 2.63. The Morgan fingerprint density at radius 3 is 2.92 bits per heavy atom. The highest BCUT2D eigenvalue weighted by molar-refractivity contribution is 5.85. The fraction of sp³-hybridized carbons (Fsp3) is 0. The molecule has 0 aliphatic heterocycles. The van der Waals surface area contributed by atoms with Crippen LogP contribution >= 0.6 is 0 Å². The summed E-state index contributed by atoms with van der Waals surface area (Å²) < 4.78 is 0. The van der Waals surface area contributed by atoms with E-state index < -0.39 is 0 Å². The van der Waals surface area contributed by atoms with Crippen molar-refractivity contribution in [2.24, 2.45) is 0 Å². The summed E-state index contributed by atoms with van der Waals surface area (Å²) in [5.41, 5.74) is 0.605. The van der Waals surface area contributed by atoms with Gasteiger partial charge in [-0.25, -0.2) is 0 Å².